The van der Waals surface area contributed by atoms with Crippen LogP contribution in [0, 0.1) is 39.9 Å². The zero-order valence-electron chi connectivity index (χ0n) is 18.2. The van der Waals surface area contributed by atoms with Crippen molar-refractivity contribution in [2.45, 2.75) is 79.2 Å². The van der Waals surface area contributed by atoms with Gasteiger partial charge in [-0.15, -0.1) is 0 Å². The maximum atomic E-state index is 12.5. The van der Waals surface area contributed by atoms with Gasteiger partial charge in [0.15, 0.2) is 0 Å². The van der Waals surface area contributed by atoms with Crippen molar-refractivity contribution in [1.29, 1.82) is 0 Å². The number of hydrogen-bond donors (Lipinski definition) is 0. The first-order valence-corrected chi connectivity index (χ1v) is 10.7. The number of ether oxygens (including phenoxy) is 2. The summed E-state index contributed by atoms with van der Waals surface area (Å²) in [6.07, 6.45) is 6.34. The Morgan fingerprint density at radius 2 is 1.71 bits per heavy atom. The van der Waals surface area contributed by atoms with Gasteiger partial charge in [-0.25, -0.2) is 0 Å². The molecular formula is C23H36O5. The number of esters is 2. The molecule has 0 aromatic rings. The van der Waals surface area contributed by atoms with Crippen LogP contribution in [0.3, 0.4) is 0 Å². The van der Waals surface area contributed by atoms with Gasteiger partial charge in [0, 0.05) is 18.3 Å². The number of hydrogen-bond acceptors (Lipinski definition) is 5. The number of fused-ring (bicyclic) bond motifs is 3. The van der Waals surface area contributed by atoms with E-state index in [2.05, 4.69) is 27.7 Å². The Labute approximate surface area is 168 Å². The summed E-state index contributed by atoms with van der Waals surface area (Å²) in [6.45, 7) is 10.6. The molecule has 158 valence electrons. The molecule has 0 saturated heterocycles. The van der Waals surface area contributed by atoms with Gasteiger partial charge < -0.3 is 14.3 Å². The van der Waals surface area contributed by atoms with Crippen LogP contribution in [0.5, 0.6) is 0 Å². The second-order valence-corrected chi connectivity index (χ2v) is 10.5. The predicted molar refractivity (Wildman–Crippen MR) is 105 cm³/mol. The van der Waals surface area contributed by atoms with E-state index in [1.165, 1.54) is 26.9 Å². The maximum absolute atomic E-state index is 12.5. The van der Waals surface area contributed by atoms with Crippen molar-refractivity contribution < 1.29 is 23.9 Å². The summed E-state index contributed by atoms with van der Waals surface area (Å²) in [5.74, 6) is -0.928. The molecule has 5 heteroatoms. The summed E-state index contributed by atoms with van der Waals surface area (Å²) in [6, 6.07) is 0. The van der Waals surface area contributed by atoms with Gasteiger partial charge in [0.2, 0.25) is 0 Å². The van der Waals surface area contributed by atoms with Crippen molar-refractivity contribution in [1.82, 2.24) is 0 Å². The third kappa shape index (κ3) is 3.00. The molecule has 0 aliphatic heterocycles. The smallest absolute Gasteiger partial charge is 0.309 e. The molecule has 0 aromatic heterocycles. The molecule has 28 heavy (non-hydrogen) atoms. The van der Waals surface area contributed by atoms with Crippen LogP contribution in [0.1, 0.15) is 73.1 Å². The monoisotopic (exact) mass is 392 g/mol. The summed E-state index contributed by atoms with van der Waals surface area (Å²) < 4.78 is 10.9. The van der Waals surface area contributed by atoms with Gasteiger partial charge in [0.25, 0.3) is 0 Å². The second-order valence-electron chi connectivity index (χ2n) is 10.5. The van der Waals surface area contributed by atoms with Gasteiger partial charge in [-0.05, 0) is 54.8 Å². The average Bonchev–Trinajstić information content (AvgIpc) is 2.61. The Kier molecular flexibility index (Phi) is 5.44. The zero-order valence-corrected chi connectivity index (χ0v) is 18.2. The number of aldehydes is 1. The number of methoxy groups -OCH3 is 1. The van der Waals surface area contributed by atoms with Crippen LogP contribution >= 0.6 is 0 Å². The predicted octanol–water partition coefficient (Wildman–Crippen LogP) is 4.18. The van der Waals surface area contributed by atoms with Gasteiger partial charge in [-0.2, -0.15) is 0 Å². The van der Waals surface area contributed by atoms with E-state index in [0.717, 1.165) is 25.5 Å². The van der Waals surface area contributed by atoms with Crippen LogP contribution < -0.4 is 0 Å². The molecule has 0 radical (unpaired) electrons. The zero-order chi connectivity index (χ0) is 20.9. The van der Waals surface area contributed by atoms with Gasteiger partial charge in [-0.3, -0.25) is 9.59 Å². The fourth-order valence-electron chi connectivity index (χ4n) is 7.65. The van der Waals surface area contributed by atoms with Gasteiger partial charge in [-0.1, -0.05) is 34.1 Å². The molecular weight excluding hydrogens is 356 g/mol. The van der Waals surface area contributed by atoms with Crippen LogP contribution in [0.4, 0.5) is 0 Å². The van der Waals surface area contributed by atoms with E-state index >= 15 is 0 Å². The molecule has 3 rings (SSSR count). The number of rotatable bonds is 3. The van der Waals surface area contributed by atoms with Gasteiger partial charge in [0.1, 0.15) is 12.4 Å². The van der Waals surface area contributed by atoms with Crippen LogP contribution in [-0.2, 0) is 23.9 Å². The van der Waals surface area contributed by atoms with E-state index in [1.54, 1.807) is 0 Å². The summed E-state index contributed by atoms with van der Waals surface area (Å²) in [5, 5.41) is 0. The van der Waals surface area contributed by atoms with Crippen molar-refractivity contribution in [2.75, 3.05) is 7.11 Å². The summed E-state index contributed by atoms with van der Waals surface area (Å²) in [7, 11) is 1.38. The molecule has 3 saturated carbocycles. The first-order valence-electron chi connectivity index (χ1n) is 10.7. The fraction of sp³-hybridized carbons (Fsp3) is 0.870. The topological polar surface area (TPSA) is 69.7 Å². The molecule has 3 fully saturated rings. The summed E-state index contributed by atoms with van der Waals surface area (Å²) in [5.41, 5.74) is -0.304. The van der Waals surface area contributed by atoms with Gasteiger partial charge >= 0.3 is 11.9 Å². The Hall–Kier alpha value is -1.39. The molecule has 0 heterocycles. The molecule has 3 aliphatic rings. The van der Waals surface area contributed by atoms with Crippen LogP contribution in [0.25, 0.3) is 0 Å². The second kappa shape index (κ2) is 7.14. The van der Waals surface area contributed by atoms with E-state index in [-0.39, 0.29) is 34.8 Å². The number of carbonyl (C=O) groups is 3. The first-order chi connectivity index (χ1) is 13.0. The highest BCUT2D eigenvalue weighted by molar-refractivity contribution is 5.77. The Balaban J connectivity index is 2.11. The molecule has 5 nitrogen and oxygen atoms in total. The van der Waals surface area contributed by atoms with Crippen molar-refractivity contribution in [3.05, 3.63) is 0 Å². The van der Waals surface area contributed by atoms with Gasteiger partial charge in [0.05, 0.1) is 13.0 Å². The van der Waals surface area contributed by atoms with Crippen molar-refractivity contribution in [2.24, 2.45) is 39.9 Å². The molecule has 0 aromatic carbocycles. The molecule has 7 atom stereocenters. The van der Waals surface area contributed by atoms with E-state index in [9.17, 15) is 14.4 Å². The minimum Gasteiger partial charge on any atom is -0.469 e. The molecule has 0 N–H and O–H groups in total. The van der Waals surface area contributed by atoms with E-state index in [1.807, 2.05) is 0 Å². The molecule has 7 unspecified atom stereocenters. The van der Waals surface area contributed by atoms with E-state index < -0.39 is 17.3 Å². The summed E-state index contributed by atoms with van der Waals surface area (Å²) >= 11 is 0. The lowest BCUT2D eigenvalue weighted by Gasteiger charge is -2.67. The molecule has 0 amide bonds. The van der Waals surface area contributed by atoms with Crippen LogP contribution in [0.2, 0.25) is 0 Å². The Morgan fingerprint density at radius 3 is 2.29 bits per heavy atom. The minimum atomic E-state index is -0.552. The largest absolute Gasteiger partial charge is 0.469 e. The first kappa shape index (κ1) is 21.3. The molecule has 0 spiro atoms. The fourth-order valence-corrected chi connectivity index (χ4v) is 7.65. The lowest BCUT2D eigenvalue weighted by molar-refractivity contribution is -0.231. The third-order valence-corrected chi connectivity index (χ3v) is 8.84. The molecule has 0 bridgehead atoms. The quantitative estimate of drug-likeness (QED) is 0.532. The lowest BCUT2D eigenvalue weighted by Crippen LogP contribution is -2.66. The third-order valence-electron chi connectivity index (χ3n) is 8.84. The highest BCUT2D eigenvalue weighted by Crippen LogP contribution is 2.69. The maximum Gasteiger partial charge on any atom is 0.309 e. The Morgan fingerprint density at radius 1 is 1.04 bits per heavy atom. The van der Waals surface area contributed by atoms with Crippen molar-refractivity contribution >= 4 is 18.2 Å². The van der Waals surface area contributed by atoms with Crippen LogP contribution in [-0.4, -0.2) is 31.4 Å². The highest BCUT2D eigenvalue weighted by Gasteiger charge is 2.67. The normalized spacial score (nSPS) is 44.6. The van der Waals surface area contributed by atoms with Crippen LogP contribution in [0.15, 0.2) is 0 Å². The van der Waals surface area contributed by atoms with Crippen molar-refractivity contribution in [3.8, 4) is 0 Å². The average molecular weight is 393 g/mol. The lowest BCUT2D eigenvalue weighted by atomic mass is 9.38. The number of carbonyl (C=O) groups excluding carboxylic acids is 3. The molecule has 3 aliphatic carbocycles. The van der Waals surface area contributed by atoms with Crippen molar-refractivity contribution in [3.63, 3.8) is 0 Å². The Bertz CT molecular complexity index is 655. The minimum absolute atomic E-state index is 0.0789. The standard InChI is InChI=1S/C23H36O5/c1-14(25)28-19-12-18-21(2,3)10-7-11-22(18,4)17-9-8-15(20(26)27-6)16(13-24)23(17,19)5/h13,15-19H,7-12H2,1-6H3. The highest BCUT2D eigenvalue weighted by atomic mass is 16.5. The summed E-state index contributed by atoms with van der Waals surface area (Å²) in [4.78, 5) is 36.8. The van der Waals surface area contributed by atoms with E-state index in [4.69, 9.17) is 9.47 Å². The van der Waals surface area contributed by atoms with E-state index in [0.29, 0.717) is 12.3 Å². The SMILES string of the molecule is COC(=O)C1CCC2C3(C)CCCC(C)(C)C3CC(OC(C)=O)C2(C)C1C=O.